The maximum atomic E-state index is 13.5. The van der Waals surface area contributed by atoms with Crippen molar-refractivity contribution in [3.63, 3.8) is 0 Å². The van der Waals surface area contributed by atoms with Crippen molar-refractivity contribution >= 4 is 17.7 Å². The van der Waals surface area contributed by atoms with Crippen LogP contribution in [0.15, 0.2) is 47.3 Å². The van der Waals surface area contributed by atoms with E-state index in [1.54, 1.807) is 6.92 Å². The Kier molecular flexibility index (Phi) is 6.85. The number of benzene rings is 2. The first-order valence-corrected chi connectivity index (χ1v) is 10.8. The molecule has 1 aliphatic rings. The first kappa shape index (κ1) is 24.0. The van der Waals surface area contributed by atoms with Crippen molar-refractivity contribution in [2.45, 2.75) is 26.4 Å². The van der Waals surface area contributed by atoms with E-state index in [-0.39, 0.29) is 37.6 Å². The van der Waals surface area contributed by atoms with Gasteiger partial charge in [0.05, 0.1) is 18.8 Å². The largest absolute Gasteiger partial charge is 0.450 e. The molecule has 4 rings (SSSR count). The standard InChI is InChI=1S/C24H21F3N4O4/c1-2-35-24(34)30-10-9-17-20(12-30)29-22(14-3-5-15(25)6-4-14)31(23(17)33)13-21(32)28-16-7-8-18(26)19(27)11-16/h3-8,11H,2,9-10,12-13H2,1H3,(H,28,32). The van der Waals surface area contributed by atoms with Crippen LogP contribution < -0.4 is 10.9 Å². The fourth-order valence-electron chi connectivity index (χ4n) is 3.78. The summed E-state index contributed by atoms with van der Waals surface area (Å²) in [6.45, 7) is 1.68. The minimum absolute atomic E-state index is 0.0151. The zero-order chi connectivity index (χ0) is 25.1. The van der Waals surface area contributed by atoms with Gasteiger partial charge in [-0.25, -0.2) is 22.9 Å². The summed E-state index contributed by atoms with van der Waals surface area (Å²) < 4.78 is 46.4. The summed E-state index contributed by atoms with van der Waals surface area (Å²) >= 11 is 0. The molecule has 182 valence electrons. The number of nitrogens with zero attached hydrogens (tertiary/aromatic N) is 3. The number of carbonyl (C=O) groups excluding carboxylic acids is 2. The maximum absolute atomic E-state index is 13.5. The van der Waals surface area contributed by atoms with Gasteiger partial charge in [-0.15, -0.1) is 0 Å². The first-order valence-electron chi connectivity index (χ1n) is 10.8. The second-order valence-corrected chi connectivity index (χ2v) is 7.81. The van der Waals surface area contributed by atoms with E-state index in [9.17, 15) is 27.6 Å². The number of anilines is 1. The lowest BCUT2D eigenvalue weighted by Crippen LogP contribution is -2.42. The molecule has 8 nitrogen and oxygen atoms in total. The molecule has 1 aromatic heterocycles. The van der Waals surface area contributed by atoms with Gasteiger partial charge in [-0.05, 0) is 49.7 Å². The molecule has 11 heteroatoms. The van der Waals surface area contributed by atoms with Gasteiger partial charge in [-0.3, -0.25) is 14.2 Å². The number of aromatic nitrogens is 2. The molecule has 0 saturated carbocycles. The summed E-state index contributed by atoms with van der Waals surface area (Å²) in [5.74, 6) is -3.26. The quantitative estimate of drug-likeness (QED) is 0.596. The normalized spacial score (nSPS) is 12.7. The van der Waals surface area contributed by atoms with E-state index < -0.39 is 41.6 Å². The highest BCUT2D eigenvalue weighted by atomic mass is 19.2. The molecular weight excluding hydrogens is 465 g/mol. The van der Waals surface area contributed by atoms with Crippen LogP contribution >= 0.6 is 0 Å². The number of ether oxygens (including phenoxy) is 1. The molecule has 0 aliphatic carbocycles. The third kappa shape index (κ3) is 5.18. The van der Waals surface area contributed by atoms with Gasteiger partial charge in [-0.1, -0.05) is 0 Å². The van der Waals surface area contributed by atoms with Crippen LogP contribution in [0.5, 0.6) is 0 Å². The SMILES string of the molecule is CCOC(=O)N1CCc2c(nc(-c3ccc(F)cc3)n(CC(=O)Nc3ccc(F)c(F)c3)c2=O)C1. The lowest BCUT2D eigenvalue weighted by Gasteiger charge is -2.28. The van der Waals surface area contributed by atoms with E-state index in [4.69, 9.17) is 4.74 Å². The van der Waals surface area contributed by atoms with Gasteiger partial charge in [0.15, 0.2) is 11.6 Å². The smallest absolute Gasteiger partial charge is 0.410 e. The summed E-state index contributed by atoms with van der Waals surface area (Å²) in [6.07, 6.45) is -0.326. The Hall–Kier alpha value is -4.15. The predicted octanol–water partition coefficient (Wildman–Crippen LogP) is 3.48. The molecule has 1 N–H and O–H groups in total. The second-order valence-electron chi connectivity index (χ2n) is 7.81. The molecule has 0 unspecified atom stereocenters. The number of carbonyl (C=O) groups is 2. The second kappa shape index (κ2) is 10.00. The molecular formula is C24H21F3N4O4. The van der Waals surface area contributed by atoms with E-state index >= 15 is 0 Å². The highest BCUT2D eigenvalue weighted by Gasteiger charge is 2.27. The number of amides is 2. The molecule has 0 saturated heterocycles. The third-order valence-corrected chi connectivity index (χ3v) is 5.45. The van der Waals surface area contributed by atoms with Gasteiger partial charge in [0.25, 0.3) is 5.56 Å². The van der Waals surface area contributed by atoms with E-state index in [0.717, 1.165) is 16.7 Å². The molecule has 2 heterocycles. The molecule has 0 spiro atoms. The van der Waals surface area contributed by atoms with E-state index in [2.05, 4.69) is 10.3 Å². The topological polar surface area (TPSA) is 93.5 Å². The van der Waals surface area contributed by atoms with E-state index in [1.165, 1.54) is 35.2 Å². The summed E-state index contributed by atoms with van der Waals surface area (Å²) in [6, 6.07) is 8.10. The van der Waals surface area contributed by atoms with Crippen LogP contribution in [0.3, 0.4) is 0 Å². The van der Waals surface area contributed by atoms with Crippen LogP contribution in [0, 0.1) is 17.5 Å². The number of hydrogen-bond acceptors (Lipinski definition) is 5. The highest BCUT2D eigenvalue weighted by Crippen LogP contribution is 2.22. The Bertz CT molecular complexity index is 1340. The molecule has 2 aromatic carbocycles. The van der Waals surface area contributed by atoms with Crippen molar-refractivity contribution in [3.8, 4) is 11.4 Å². The van der Waals surface area contributed by atoms with E-state index in [0.29, 0.717) is 16.8 Å². The van der Waals surface area contributed by atoms with Gasteiger partial charge in [0.1, 0.15) is 18.2 Å². The number of halogens is 3. The fraction of sp³-hybridized carbons (Fsp3) is 0.250. The van der Waals surface area contributed by atoms with Gasteiger partial charge >= 0.3 is 6.09 Å². The van der Waals surface area contributed by atoms with Crippen molar-refractivity contribution in [3.05, 3.63) is 81.5 Å². The van der Waals surface area contributed by atoms with Crippen molar-refractivity contribution in [2.75, 3.05) is 18.5 Å². The van der Waals surface area contributed by atoms with Crippen molar-refractivity contribution < 1.29 is 27.5 Å². The summed E-state index contributed by atoms with van der Waals surface area (Å²) in [4.78, 5) is 44.2. The fourth-order valence-corrected chi connectivity index (χ4v) is 3.78. The number of hydrogen-bond donors (Lipinski definition) is 1. The monoisotopic (exact) mass is 486 g/mol. The Labute approximate surface area is 198 Å². The van der Waals surface area contributed by atoms with Gasteiger partial charge in [-0.2, -0.15) is 0 Å². The highest BCUT2D eigenvalue weighted by molar-refractivity contribution is 5.90. The average molecular weight is 486 g/mol. The van der Waals surface area contributed by atoms with Gasteiger partial charge in [0.2, 0.25) is 5.91 Å². The minimum atomic E-state index is -1.13. The molecule has 0 radical (unpaired) electrons. The molecule has 1 aliphatic heterocycles. The lowest BCUT2D eigenvalue weighted by atomic mass is 10.1. The van der Waals surface area contributed by atoms with Crippen LogP contribution in [-0.4, -0.2) is 39.6 Å². The molecule has 3 aromatic rings. The summed E-state index contributed by atoms with van der Waals surface area (Å²) in [5, 5.41) is 2.43. The average Bonchev–Trinajstić information content (AvgIpc) is 2.83. The van der Waals surface area contributed by atoms with Crippen molar-refractivity contribution in [1.82, 2.24) is 14.5 Å². The van der Waals surface area contributed by atoms with Crippen LogP contribution in [-0.2, 0) is 29.0 Å². The zero-order valence-electron chi connectivity index (χ0n) is 18.7. The lowest BCUT2D eigenvalue weighted by molar-refractivity contribution is -0.116. The maximum Gasteiger partial charge on any atom is 0.410 e. The first-order chi connectivity index (χ1) is 16.8. The molecule has 0 fully saturated rings. The Morgan fingerprint density at radius 1 is 1.09 bits per heavy atom. The molecule has 35 heavy (non-hydrogen) atoms. The minimum Gasteiger partial charge on any atom is -0.450 e. The summed E-state index contributed by atoms with van der Waals surface area (Å²) in [7, 11) is 0. The molecule has 0 atom stereocenters. The van der Waals surface area contributed by atoms with Gasteiger partial charge in [0, 0.05) is 29.4 Å². The van der Waals surface area contributed by atoms with Crippen molar-refractivity contribution in [1.29, 1.82) is 0 Å². The Morgan fingerprint density at radius 3 is 2.51 bits per heavy atom. The van der Waals surface area contributed by atoms with Crippen LogP contribution in [0.4, 0.5) is 23.7 Å². The summed E-state index contributed by atoms with van der Waals surface area (Å²) in [5.41, 5.74) is 0.600. The Balaban J connectivity index is 1.71. The van der Waals surface area contributed by atoms with Crippen LogP contribution in [0.1, 0.15) is 18.2 Å². The van der Waals surface area contributed by atoms with Crippen LogP contribution in [0.25, 0.3) is 11.4 Å². The number of fused-ring (bicyclic) bond motifs is 1. The molecule has 0 bridgehead atoms. The number of nitrogens with one attached hydrogen (secondary N) is 1. The number of rotatable bonds is 5. The zero-order valence-corrected chi connectivity index (χ0v) is 18.7. The molecule has 2 amide bonds. The van der Waals surface area contributed by atoms with Crippen LogP contribution in [0.2, 0.25) is 0 Å². The Morgan fingerprint density at radius 2 is 1.83 bits per heavy atom. The van der Waals surface area contributed by atoms with Gasteiger partial charge < -0.3 is 15.0 Å². The third-order valence-electron chi connectivity index (χ3n) is 5.45. The van der Waals surface area contributed by atoms with E-state index in [1.807, 2.05) is 0 Å². The predicted molar refractivity (Wildman–Crippen MR) is 120 cm³/mol. The van der Waals surface area contributed by atoms with Crippen molar-refractivity contribution in [2.24, 2.45) is 0 Å².